The number of hydrogen-bond donors (Lipinski definition) is 1. The zero-order chi connectivity index (χ0) is 22.4. The first-order valence-electron chi connectivity index (χ1n) is 9.26. The highest BCUT2D eigenvalue weighted by Crippen LogP contribution is 2.38. The number of halogens is 3. The maximum atomic E-state index is 13.8. The van der Waals surface area contributed by atoms with Crippen molar-refractivity contribution < 1.29 is 18.0 Å². The predicted molar refractivity (Wildman–Crippen MR) is 105 cm³/mol. The van der Waals surface area contributed by atoms with E-state index in [1.54, 1.807) is 4.90 Å². The van der Waals surface area contributed by atoms with Crippen molar-refractivity contribution in [2.75, 3.05) is 30.0 Å². The maximum absolute atomic E-state index is 13.8. The van der Waals surface area contributed by atoms with E-state index < -0.39 is 23.7 Å². The molecule has 1 saturated heterocycles. The van der Waals surface area contributed by atoms with E-state index in [4.69, 9.17) is 0 Å². The largest absolute Gasteiger partial charge is 0.351 e. The summed E-state index contributed by atoms with van der Waals surface area (Å²) >= 11 is 0. The number of carbonyl (C=O) groups is 1. The van der Waals surface area contributed by atoms with Gasteiger partial charge in [0, 0.05) is 45.4 Å². The molecule has 0 spiro atoms. The molecule has 3 aromatic heterocycles. The normalized spacial score (nSPS) is 15.4. The van der Waals surface area contributed by atoms with Crippen LogP contribution in [-0.4, -0.2) is 50.4 Å². The Kier molecular flexibility index (Phi) is 4.76. The lowest BCUT2D eigenvalue weighted by atomic mass is 9.83. The van der Waals surface area contributed by atoms with Crippen molar-refractivity contribution >= 4 is 28.4 Å². The molecule has 1 aliphatic rings. The first-order valence-corrected chi connectivity index (χ1v) is 9.26. The number of aromatic nitrogens is 5. The highest BCUT2D eigenvalue weighted by atomic mass is 19.3. The number of rotatable bonds is 5. The van der Waals surface area contributed by atoms with Gasteiger partial charge in [-0.25, -0.2) is 19.3 Å². The molecule has 3 aromatic rings. The lowest BCUT2D eigenvalue weighted by Gasteiger charge is -2.44. The molecule has 9 nitrogen and oxygen atoms in total. The number of carbonyl (C=O) groups excluding carboxylic acids is 1. The summed E-state index contributed by atoms with van der Waals surface area (Å²) in [4.78, 5) is 25.3. The van der Waals surface area contributed by atoms with Crippen molar-refractivity contribution in [2.24, 2.45) is 5.41 Å². The first-order chi connectivity index (χ1) is 14.7. The van der Waals surface area contributed by atoms with Gasteiger partial charge in [0.2, 0.25) is 5.91 Å². The molecule has 1 N–H and O–H groups in total. The Morgan fingerprint density at radius 1 is 1.39 bits per heavy atom. The van der Waals surface area contributed by atoms with Crippen LogP contribution in [0.15, 0.2) is 24.5 Å². The van der Waals surface area contributed by atoms with Gasteiger partial charge in [0.15, 0.2) is 5.82 Å². The zero-order valence-electron chi connectivity index (χ0n) is 16.6. The number of nitriles is 1. The quantitative estimate of drug-likeness (QED) is 0.662. The molecular formula is C19H17F3N8O. The van der Waals surface area contributed by atoms with E-state index in [-0.39, 0.29) is 30.8 Å². The molecule has 160 valence electrons. The molecule has 0 atom stereocenters. The van der Waals surface area contributed by atoms with Gasteiger partial charge in [-0.1, -0.05) is 0 Å². The molecule has 1 fully saturated rings. The fourth-order valence-corrected chi connectivity index (χ4v) is 3.34. The summed E-state index contributed by atoms with van der Waals surface area (Å²) in [6.45, 7) is 1.49. The molecule has 0 unspecified atom stereocenters. The minimum atomic E-state index is -3.18. The first kappa shape index (κ1) is 20.5. The number of fused-ring (bicyclic) bond motifs is 1. The number of nitrogens with one attached hydrogen (secondary N) is 1. The number of amides is 1. The van der Waals surface area contributed by atoms with Crippen molar-refractivity contribution in [3.63, 3.8) is 0 Å². The fraction of sp³-hybridized carbons (Fsp3) is 0.368. The summed E-state index contributed by atoms with van der Waals surface area (Å²) in [6, 6.07) is 4.61. The van der Waals surface area contributed by atoms with Gasteiger partial charge in [-0.2, -0.15) is 18.7 Å². The molecule has 12 heteroatoms. The molecule has 0 radical (unpaired) electrons. The van der Waals surface area contributed by atoms with E-state index in [1.807, 2.05) is 6.07 Å². The predicted octanol–water partition coefficient (Wildman–Crippen LogP) is 2.58. The molecule has 1 aliphatic heterocycles. The number of anilines is 2. The molecule has 4 rings (SSSR count). The number of alkyl halides is 3. The van der Waals surface area contributed by atoms with Crippen molar-refractivity contribution in [3.8, 4) is 12.0 Å². The van der Waals surface area contributed by atoms with Crippen LogP contribution < -0.4 is 10.2 Å². The third-order valence-corrected chi connectivity index (χ3v) is 4.91. The molecule has 0 aromatic carbocycles. The number of hydrogen-bond acceptors (Lipinski definition) is 7. The average Bonchev–Trinajstić information content (AvgIpc) is 3.06. The Bertz CT molecular complexity index is 1210. The molecule has 1 amide bonds. The lowest BCUT2D eigenvalue weighted by molar-refractivity contribution is -0.114. The van der Waals surface area contributed by atoms with E-state index in [2.05, 4.69) is 25.4 Å². The second-order valence-electron chi connectivity index (χ2n) is 7.52. The van der Waals surface area contributed by atoms with Gasteiger partial charge in [0.25, 0.3) is 11.9 Å². The van der Waals surface area contributed by atoms with Gasteiger partial charge in [0.05, 0.1) is 17.0 Å². The summed E-state index contributed by atoms with van der Waals surface area (Å²) in [5.74, 6) is -3.02. The Hall–Kier alpha value is -3.75. The Morgan fingerprint density at radius 3 is 2.74 bits per heavy atom. The monoisotopic (exact) mass is 430 g/mol. The van der Waals surface area contributed by atoms with Crippen LogP contribution in [0.4, 0.5) is 24.8 Å². The van der Waals surface area contributed by atoms with Crippen molar-refractivity contribution in [1.29, 1.82) is 5.26 Å². The van der Waals surface area contributed by atoms with Crippen LogP contribution in [0.2, 0.25) is 0 Å². The van der Waals surface area contributed by atoms with Gasteiger partial charge in [-0.05, 0) is 6.07 Å². The van der Waals surface area contributed by atoms with Crippen LogP contribution in [0.3, 0.4) is 0 Å². The topological polar surface area (TPSA) is 113 Å². The van der Waals surface area contributed by atoms with Crippen molar-refractivity contribution in [2.45, 2.75) is 19.8 Å². The Balaban J connectivity index is 1.84. The average molecular weight is 430 g/mol. The summed E-state index contributed by atoms with van der Waals surface area (Å²) in [5, 5.41) is 16.7. The minimum Gasteiger partial charge on any atom is -0.351 e. The Labute approximate surface area is 174 Å². The van der Waals surface area contributed by atoms with Gasteiger partial charge in [-0.15, -0.1) is 5.10 Å². The SMILES string of the molecule is CC(=O)Nc1cc2c(cn1)c(N1CC(C#N)(CF)C1)nn2-c1nccc(C(C)(F)F)n1. The van der Waals surface area contributed by atoms with Crippen LogP contribution in [0.25, 0.3) is 16.9 Å². The smallest absolute Gasteiger partial charge is 0.287 e. The van der Waals surface area contributed by atoms with E-state index in [0.717, 1.165) is 13.0 Å². The standard InChI is InChI=1S/C19H17F3N8O/c1-11(31)26-15-5-13-12(6-25-15)16(29-9-19(7-20,8-23)10-29)28-30(13)17-24-4-3-14(27-17)18(2,21)22/h3-6H,7,9-10H2,1-2H3,(H,25,26,31). The minimum absolute atomic E-state index is 0.104. The molecular weight excluding hydrogens is 413 g/mol. The summed E-state index contributed by atoms with van der Waals surface area (Å²) < 4.78 is 42.1. The molecule has 31 heavy (non-hydrogen) atoms. The third kappa shape index (κ3) is 3.63. The van der Waals surface area contributed by atoms with Crippen LogP contribution >= 0.6 is 0 Å². The fourth-order valence-electron chi connectivity index (χ4n) is 3.34. The van der Waals surface area contributed by atoms with Crippen molar-refractivity contribution in [3.05, 3.63) is 30.2 Å². The van der Waals surface area contributed by atoms with Gasteiger partial charge < -0.3 is 10.2 Å². The van der Waals surface area contributed by atoms with Gasteiger partial charge in [-0.3, -0.25) is 4.79 Å². The van der Waals surface area contributed by atoms with Crippen LogP contribution in [0.1, 0.15) is 19.5 Å². The number of pyridine rings is 1. The van der Waals surface area contributed by atoms with E-state index >= 15 is 0 Å². The van der Waals surface area contributed by atoms with Crippen molar-refractivity contribution in [1.82, 2.24) is 24.7 Å². The highest BCUT2D eigenvalue weighted by molar-refractivity contribution is 5.95. The summed E-state index contributed by atoms with van der Waals surface area (Å²) in [7, 11) is 0. The summed E-state index contributed by atoms with van der Waals surface area (Å²) in [5.41, 5.74) is -1.19. The maximum Gasteiger partial charge on any atom is 0.287 e. The van der Waals surface area contributed by atoms with E-state index in [9.17, 15) is 23.2 Å². The van der Waals surface area contributed by atoms with Crippen LogP contribution in [0, 0.1) is 16.7 Å². The van der Waals surface area contributed by atoms with Gasteiger partial charge in [0.1, 0.15) is 23.6 Å². The van der Waals surface area contributed by atoms with Gasteiger partial charge >= 0.3 is 0 Å². The van der Waals surface area contributed by atoms with E-state index in [0.29, 0.717) is 16.7 Å². The molecule has 0 saturated carbocycles. The molecule has 0 bridgehead atoms. The number of nitrogens with zero attached hydrogens (tertiary/aromatic N) is 7. The van der Waals surface area contributed by atoms with Crippen LogP contribution in [0.5, 0.6) is 0 Å². The van der Waals surface area contributed by atoms with E-state index in [1.165, 1.54) is 30.1 Å². The second kappa shape index (κ2) is 7.19. The molecule has 4 heterocycles. The lowest BCUT2D eigenvalue weighted by Crippen LogP contribution is -2.57. The third-order valence-electron chi connectivity index (χ3n) is 4.91. The highest BCUT2D eigenvalue weighted by Gasteiger charge is 2.45. The summed E-state index contributed by atoms with van der Waals surface area (Å²) in [6.07, 6.45) is 2.66. The Morgan fingerprint density at radius 2 is 2.13 bits per heavy atom. The molecule has 0 aliphatic carbocycles. The second-order valence-corrected chi connectivity index (χ2v) is 7.52. The zero-order valence-corrected chi connectivity index (χ0v) is 16.6. The van der Waals surface area contributed by atoms with Crippen LogP contribution in [-0.2, 0) is 10.7 Å².